The summed E-state index contributed by atoms with van der Waals surface area (Å²) in [6, 6.07) is 11.8. The molecule has 0 fully saturated rings. The Kier molecular flexibility index (Phi) is 1.49. The summed E-state index contributed by atoms with van der Waals surface area (Å²) in [5.74, 6) is 0. The molecule has 1 nitrogen and oxygen atoms in total. The first kappa shape index (κ1) is 5.87. The Labute approximate surface area is 108 Å². The first-order valence-corrected chi connectivity index (χ1v) is 5.32. The lowest BCUT2D eigenvalue weighted by atomic mass is 10.1. The second-order valence-corrected chi connectivity index (χ2v) is 3.65. The summed E-state index contributed by atoms with van der Waals surface area (Å²) < 4.78 is 39.0. The molecule has 0 heterocycles. The molecule has 0 spiro atoms. The number of rotatable bonds is 2. The van der Waals surface area contributed by atoms with Gasteiger partial charge in [-0.15, -0.1) is 0 Å². The summed E-state index contributed by atoms with van der Waals surface area (Å²) in [5, 5.41) is 4.94. The van der Waals surface area contributed by atoms with Crippen molar-refractivity contribution in [3.05, 3.63) is 72.7 Å². The molecule has 0 atom stereocenters. The van der Waals surface area contributed by atoms with Crippen molar-refractivity contribution in [1.29, 1.82) is 0 Å². The average molecular weight is 224 g/mol. The summed E-state index contributed by atoms with van der Waals surface area (Å²) in [6.45, 7) is 0. The first-order chi connectivity index (χ1) is 10.5. The van der Waals surface area contributed by atoms with Crippen LogP contribution in [-0.4, -0.2) is 0 Å². The van der Waals surface area contributed by atoms with Gasteiger partial charge in [0, 0.05) is 16.8 Å². The average Bonchev–Trinajstić information content (AvgIpc) is 2.55. The first-order valence-electron chi connectivity index (χ1n) is 7.82. The highest BCUT2D eigenvalue weighted by Crippen LogP contribution is 2.25. The molecule has 0 unspecified atom stereocenters. The fraction of sp³-hybridized carbons (Fsp3) is 0. The van der Waals surface area contributed by atoms with Crippen LogP contribution in [0.15, 0.2) is 72.7 Å². The highest BCUT2D eigenvalue weighted by atomic mass is 14.9. The lowest BCUT2D eigenvalue weighted by molar-refractivity contribution is 1.58. The molecular formula is C16H13N. The zero-order valence-corrected chi connectivity index (χ0v) is 9.04. The van der Waals surface area contributed by atoms with Crippen molar-refractivity contribution < 1.29 is 6.85 Å². The second kappa shape index (κ2) is 4.30. The molecule has 0 saturated carbocycles. The van der Waals surface area contributed by atoms with Crippen LogP contribution in [0.25, 0.3) is 10.8 Å². The fourth-order valence-corrected chi connectivity index (χ4v) is 1.78. The normalized spacial score (nSPS) is 14.5. The predicted octanol–water partition coefficient (Wildman–Crippen LogP) is 4.58. The van der Waals surface area contributed by atoms with Crippen LogP contribution in [0.3, 0.4) is 0 Å². The number of para-hydroxylation sites is 1. The number of fused-ring (bicyclic) bond motifs is 1. The Morgan fingerprint density at radius 1 is 0.824 bits per heavy atom. The molecule has 82 valence electrons. The van der Waals surface area contributed by atoms with E-state index in [0.29, 0.717) is 5.69 Å². The third-order valence-electron chi connectivity index (χ3n) is 2.55. The van der Waals surface area contributed by atoms with Gasteiger partial charge in [0.25, 0.3) is 0 Å². The van der Waals surface area contributed by atoms with Crippen LogP contribution in [0.1, 0.15) is 6.85 Å². The SMILES string of the molecule is [2H]c1c([2H])c([2H])c(Nc2cccc3ccccc23)c([2H])c1[2H]. The van der Waals surface area contributed by atoms with Gasteiger partial charge in [-0.05, 0) is 23.5 Å². The maximum atomic E-state index is 7.96. The molecule has 0 aliphatic rings. The minimum absolute atomic E-state index is 0.0855. The van der Waals surface area contributed by atoms with Gasteiger partial charge < -0.3 is 5.32 Å². The second-order valence-electron chi connectivity index (χ2n) is 3.65. The largest absolute Gasteiger partial charge is 0.355 e. The summed E-state index contributed by atoms with van der Waals surface area (Å²) in [5.41, 5.74) is 0.791. The molecule has 0 bridgehead atoms. The van der Waals surface area contributed by atoms with E-state index in [2.05, 4.69) is 5.32 Å². The van der Waals surface area contributed by atoms with Crippen LogP contribution in [0.5, 0.6) is 0 Å². The van der Waals surface area contributed by atoms with Crippen LogP contribution in [0.4, 0.5) is 11.4 Å². The lowest BCUT2D eigenvalue weighted by Gasteiger charge is -2.09. The van der Waals surface area contributed by atoms with Crippen LogP contribution in [0.2, 0.25) is 0 Å². The number of hydrogen-bond acceptors (Lipinski definition) is 1. The van der Waals surface area contributed by atoms with E-state index in [1.165, 1.54) is 0 Å². The van der Waals surface area contributed by atoms with E-state index in [-0.39, 0.29) is 29.9 Å². The van der Waals surface area contributed by atoms with Crippen molar-refractivity contribution in [2.75, 3.05) is 5.32 Å². The number of hydrogen-bond donors (Lipinski definition) is 1. The Hall–Kier alpha value is -2.28. The fourth-order valence-electron chi connectivity index (χ4n) is 1.78. The smallest absolute Gasteiger partial charge is 0.0645 e. The van der Waals surface area contributed by atoms with Gasteiger partial charge in [0.1, 0.15) is 0 Å². The van der Waals surface area contributed by atoms with Gasteiger partial charge in [-0.1, -0.05) is 54.5 Å². The Balaban J connectivity index is 2.18. The third-order valence-corrected chi connectivity index (χ3v) is 2.55. The van der Waals surface area contributed by atoms with Crippen molar-refractivity contribution in [2.45, 2.75) is 0 Å². The van der Waals surface area contributed by atoms with Crippen molar-refractivity contribution in [3.63, 3.8) is 0 Å². The van der Waals surface area contributed by atoms with E-state index in [4.69, 9.17) is 6.85 Å². The van der Waals surface area contributed by atoms with E-state index < -0.39 is 6.04 Å². The molecule has 17 heavy (non-hydrogen) atoms. The van der Waals surface area contributed by atoms with Gasteiger partial charge in [-0.2, -0.15) is 0 Å². The summed E-state index contributed by atoms with van der Waals surface area (Å²) in [7, 11) is 0. The third kappa shape index (κ3) is 2.00. The Morgan fingerprint density at radius 2 is 1.59 bits per heavy atom. The van der Waals surface area contributed by atoms with Crippen LogP contribution >= 0.6 is 0 Å². The molecule has 3 aromatic rings. The van der Waals surface area contributed by atoms with Gasteiger partial charge in [-0.3, -0.25) is 0 Å². The number of anilines is 2. The highest BCUT2D eigenvalue weighted by Gasteiger charge is 1.99. The molecule has 0 saturated heterocycles. The van der Waals surface area contributed by atoms with E-state index in [1.807, 2.05) is 42.5 Å². The van der Waals surface area contributed by atoms with Crippen molar-refractivity contribution in [3.8, 4) is 0 Å². The highest BCUT2D eigenvalue weighted by molar-refractivity contribution is 5.95. The molecule has 0 radical (unpaired) electrons. The Morgan fingerprint density at radius 3 is 2.47 bits per heavy atom. The minimum Gasteiger partial charge on any atom is -0.355 e. The Bertz CT molecular complexity index is 842. The summed E-state index contributed by atoms with van der Waals surface area (Å²) in [4.78, 5) is 0. The van der Waals surface area contributed by atoms with Crippen LogP contribution in [-0.2, 0) is 0 Å². The molecule has 0 amide bonds. The number of nitrogens with one attached hydrogen (secondary N) is 1. The summed E-state index contributed by atoms with van der Waals surface area (Å²) >= 11 is 0. The maximum Gasteiger partial charge on any atom is 0.0645 e. The van der Waals surface area contributed by atoms with Crippen LogP contribution in [0, 0.1) is 0 Å². The van der Waals surface area contributed by atoms with Gasteiger partial charge >= 0.3 is 0 Å². The molecule has 0 aliphatic carbocycles. The maximum absolute atomic E-state index is 7.96. The van der Waals surface area contributed by atoms with E-state index in [9.17, 15) is 0 Å². The van der Waals surface area contributed by atoms with Gasteiger partial charge in [-0.25, -0.2) is 0 Å². The molecule has 0 aromatic heterocycles. The van der Waals surface area contributed by atoms with Crippen molar-refractivity contribution in [2.24, 2.45) is 0 Å². The summed E-state index contributed by atoms with van der Waals surface area (Å²) in [6.07, 6.45) is 0. The van der Waals surface area contributed by atoms with Crippen LogP contribution < -0.4 is 5.32 Å². The van der Waals surface area contributed by atoms with E-state index >= 15 is 0 Å². The monoisotopic (exact) mass is 224 g/mol. The zero-order chi connectivity index (χ0) is 15.9. The topological polar surface area (TPSA) is 12.0 Å². The lowest BCUT2D eigenvalue weighted by Crippen LogP contribution is -1.90. The van der Waals surface area contributed by atoms with E-state index in [0.717, 1.165) is 10.8 Å². The predicted molar refractivity (Wildman–Crippen MR) is 73.7 cm³/mol. The molecule has 1 N–H and O–H groups in total. The zero-order valence-electron chi connectivity index (χ0n) is 14.0. The molecule has 3 aromatic carbocycles. The molecule has 3 rings (SSSR count). The molecule has 0 aliphatic heterocycles. The van der Waals surface area contributed by atoms with Crippen molar-refractivity contribution in [1.82, 2.24) is 0 Å². The molecular weight excluding hydrogens is 206 g/mol. The standard InChI is InChI=1S/C16H13N/c1-2-9-14(10-3-1)17-16-12-6-8-13-7-4-5-11-15(13)16/h1-12,17H/i1D,2D,3D,9D,10D. The van der Waals surface area contributed by atoms with Gasteiger partial charge in [0.05, 0.1) is 6.85 Å². The number of benzene rings is 3. The minimum atomic E-state index is -0.390. The van der Waals surface area contributed by atoms with Gasteiger partial charge in [0.15, 0.2) is 0 Å². The molecule has 1 heteroatoms. The van der Waals surface area contributed by atoms with Gasteiger partial charge in [0.2, 0.25) is 0 Å². The van der Waals surface area contributed by atoms with Crippen molar-refractivity contribution >= 4 is 22.1 Å². The quantitative estimate of drug-likeness (QED) is 0.671. The van der Waals surface area contributed by atoms with E-state index in [1.54, 1.807) is 0 Å².